The zero-order valence-electron chi connectivity index (χ0n) is 16.1. The lowest BCUT2D eigenvalue weighted by atomic mass is 10.2. The number of carbonyl (C=O) groups excluding carboxylic acids is 2. The van der Waals surface area contributed by atoms with Crippen LogP contribution in [0.3, 0.4) is 0 Å². The number of unbranched alkanes of at least 4 members (excludes halogenated alkanes) is 1. The lowest BCUT2D eigenvalue weighted by Crippen LogP contribution is -2.32. The zero-order chi connectivity index (χ0) is 21.2. The first-order valence-corrected chi connectivity index (χ1v) is 9.96. The van der Waals surface area contributed by atoms with Crippen LogP contribution in [0.15, 0.2) is 41.5 Å². The maximum atomic E-state index is 12.0. The third-order valence-electron chi connectivity index (χ3n) is 3.74. The second kappa shape index (κ2) is 11.2. The topological polar surface area (TPSA) is 109 Å². The molecule has 9 heteroatoms. The van der Waals surface area contributed by atoms with Crippen LogP contribution in [0.4, 0.5) is 5.69 Å². The number of aromatic hydroxyl groups is 1. The van der Waals surface area contributed by atoms with Gasteiger partial charge in [0.25, 0.3) is 0 Å². The van der Waals surface area contributed by atoms with Gasteiger partial charge in [-0.2, -0.15) is 5.10 Å². The van der Waals surface area contributed by atoms with Crippen molar-refractivity contribution in [1.82, 2.24) is 5.43 Å². The summed E-state index contributed by atoms with van der Waals surface area (Å²) >= 11 is 1.95. The molecule has 0 saturated heterocycles. The Balaban J connectivity index is 1.88. The molecule has 0 aliphatic heterocycles. The number of hydrazone groups is 1. The number of anilines is 1. The lowest BCUT2D eigenvalue weighted by Gasteiger charge is -2.07. The molecule has 0 aromatic heterocycles. The van der Waals surface area contributed by atoms with Crippen LogP contribution in [0.25, 0.3) is 0 Å². The Morgan fingerprint density at radius 1 is 1.21 bits per heavy atom. The van der Waals surface area contributed by atoms with E-state index in [1.165, 1.54) is 13.3 Å². The van der Waals surface area contributed by atoms with Crippen molar-refractivity contribution in [2.24, 2.45) is 5.10 Å². The molecule has 0 aliphatic carbocycles. The van der Waals surface area contributed by atoms with Crippen molar-refractivity contribution in [2.75, 3.05) is 19.0 Å². The van der Waals surface area contributed by atoms with E-state index in [0.717, 1.165) is 12.8 Å². The standard InChI is InChI=1S/C20H22IN3O5/c1-3-4-9-29-15-7-5-14(6-8-15)23-19(26)20(27)24-22-12-13-10-16(21)18(25)17(11-13)28-2/h5-8,10-12,25H,3-4,9H2,1-2H3,(H,23,26)(H,24,27)/b22-12-. The Hall–Kier alpha value is -2.82. The van der Waals surface area contributed by atoms with Crippen LogP contribution in [0, 0.1) is 3.57 Å². The zero-order valence-corrected chi connectivity index (χ0v) is 18.2. The molecule has 2 aromatic carbocycles. The average Bonchev–Trinajstić information content (AvgIpc) is 2.71. The molecule has 0 fully saturated rings. The van der Waals surface area contributed by atoms with E-state index in [9.17, 15) is 14.7 Å². The molecule has 0 atom stereocenters. The van der Waals surface area contributed by atoms with Crippen LogP contribution in [0.5, 0.6) is 17.2 Å². The summed E-state index contributed by atoms with van der Waals surface area (Å²) in [5.74, 6) is -0.755. The fourth-order valence-electron chi connectivity index (χ4n) is 2.20. The van der Waals surface area contributed by atoms with E-state index in [2.05, 4.69) is 22.8 Å². The van der Waals surface area contributed by atoms with Crippen LogP contribution >= 0.6 is 22.6 Å². The minimum absolute atomic E-state index is 0.0236. The number of nitrogens with one attached hydrogen (secondary N) is 2. The summed E-state index contributed by atoms with van der Waals surface area (Å²) in [5, 5.41) is 16.1. The van der Waals surface area contributed by atoms with Crippen molar-refractivity contribution >= 4 is 46.3 Å². The van der Waals surface area contributed by atoms with Crippen LogP contribution in [0.2, 0.25) is 0 Å². The number of phenols is 1. The van der Waals surface area contributed by atoms with Gasteiger partial charge in [-0.25, -0.2) is 5.43 Å². The molecule has 2 aromatic rings. The first-order chi connectivity index (χ1) is 13.9. The fourth-order valence-corrected chi connectivity index (χ4v) is 2.82. The molecular formula is C20H22IN3O5. The highest BCUT2D eigenvalue weighted by Crippen LogP contribution is 2.31. The quantitative estimate of drug-likeness (QED) is 0.166. The molecule has 0 saturated carbocycles. The Labute approximate surface area is 182 Å². The van der Waals surface area contributed by atoms with Crippen LogP contribution in [-0.2, 0) is 9.59 Å². The van der Waals surface area contributed by atoms with E-state index in [1.807, 2.05) is 22.6 Å². The number of benzene rings is 2. The Kier molecular flexibility index (Phi) is 8.71. The van der Waals surface area contributed by atoms with E-state index in [1.54, 1.807) is 36.4 Å². The summed E-state index contributed by atoms with van der Waals surface area (Å²) in [6, 6.07) is 9.96. The normalized spacial score (nSPS) is 10.6. The fraction of sp³-hybridized carbons (Fsp3) is 0.250. The highest BCUT2D eigenvalue weighted by Gasteiger charge is 2.13. The molecule has 2 amide bonds. The van der Waals surface area contributed by atoms with Gasteiger partial charge in [0.15, 0.2) is 11.5 Å². The summed E-state index contributed by atoms with van der Waals surface area (Å²) in [6.45, 7) is 2.72. The number of nitrogens with zero attached hydrogens (tertiary/aromatic N) is 1. The van der Waals surface area contributed by atoms with Crippen molar-refractivity contribution in [1.29, 1.82) is 0 Å². The summed E-state index contributed by atoms with van der Waals surface area (Å²) in [4.78, 5) is 23.9. The van der Waals surface area contributed by atoms with Crippen molar-refractivity contribution in [3.8, 4) is 17.2 Å². The second-order valence-electron chi connectivity index (χ2n) is 5.93. The molecule has 0 heterocycles. The molecule has 29 heavy (non-hydrogen) atoms. The smallest absolute Gasteiger partial charge is 0.329 e. The molecule has 0 bridgehead atoms. The van der Waals surface area contributed by atoms with Crippen LogP contribution < -0.4 is 20.2 Å². The Morgan fingerprint density at radius 3 is 2.59 bits per heavy atom. The van der Waals surface area contributed by atoms with Gasteiger partial charge in [0, 0.05) is 5.69 Å². The molecule has 0 aliphatic rings. The van der Waals surface area contributed by atoms with Crippen LogP contribution in [0.1, 0.15) is 25.3 Å². The van der Waals surface area contributed by atoms with Gasteiger partial charge in [-0.1, -0.05) is 13.3 Å². The lowest BCUT2D eigenvalue weighted by molar-refractivity contribution is -0.136. The maximum Gasteiger partial charge on any atom is 0.329 e. The van der Waals surface area contributed by atoms with Gasteiger partial charge >= 0.3 is 11.8 Å². The van der Waals surface area contributed by atoms with Gasteiger partial charge in [-0.3, -0.25) is 9.59 Å². The number of ether oxygens (including phenoxy) is 2. The summed E-state index contributed by atoms with van der Waals surface area (Å²) in [6.07, 6.45) is 3.36. The number of hydrogen-bond acceptors (Lipinski definition) is 6. The van der Waals surface area contributed by atoms with Gasteiger partial charge in [-0.05, 0) is 71.0 Å². The van der Waals surface area contributed by atoms with Gasteiger partial charge in [0.1, 0.15) is 5.75 Å². The van der Waals surface area contributed by atoms with E-state index in [0.29, 0.717) is 27.2 Å². The second-order valence-corrected chi connectivity index (χ2v) is 7.10. The predicted molar refractivity (Wildman–Crippen MR) is 119 cm³/mol. The molecule has 154 valence electrons. The third kappa shape index (κ3) is 6.93. The average molecular weight is 511 g/mol. The number of hydrogen-bond donors (Lipinski definition) is 3. The van der Waals surface area contributed by atoms with E-state index < -0.39 is 11.8 Å². The van der Waals surface area contributed by atoms with Crippen molar-refractivity contribution in [3.05, 3.63) is 45.5 Å². The minimum atomic E-state index is -0.912. The summed E-state index contributed by atoms with van der Waals surface area (Å²) < 4.78 is 11.2. The number of amides is 2. The Morgan fingerprint density at radius 2 is 1.93 bits per heavy atom. The number of rotatable bonds is 8. The first kappa shape index (κ1) is 22.5. The Bertz CT molecular complexity index is 884. The monoisotopic (exact) mass is 511 g/mol. The summed E-state index contributed by atoms with van der Waals surface area (Å²) in [7, 11) is 1.43. The predicted octanol–water partition coefficient (Wildman–Crippen LogP) is 3.27. The minimum Gasteiger partial charge on any atom is -0.504 e. The van der Waals surface area contributed by atoms with E-state index in [4.69, 9.17) is 9.47 Å². The molecule has 2 rings (SSSR count). The van der Waals surface area contributed by atoms with Crippen molar-refractivity contribution in [2.45, 2.75) is 19.8 Å². The van der Waals surface area contributed by atoms with Crippen LogP contribution in [-0.4, -0.2) is 36.9 Å². The van der Waals surface area contributed by atoms with Crippen molar-refractivity contribution < 1.29 is 24.2 Å². The number of halogens is 1. The van der Waals surface area contributed by atoms with Gasteiger partial charge in [-0.15, -0.1) is 0 Å². The largest absolute Gasteiger partial charge is 0.504 e. The van der Waals surface area contributed by atoms with E-state index in [-0.39, 0.29) is 11.5 Å². The van der Waals surface area contributed by atoms with Gasteiger partial charge < -0.3 is 19.9 Å². The highest BCUT2D eigenvalue weighted by atomic mass is 127. The third-order valence-corrected chi connectivity index (χ3v) is 4.56. The van der Waals surface area contributed by atoms with Gasteiger partial charge in [0.2, 0.25) is 0 Å². The first-order valence-electron chi connectivity index (χ1n) is 8.88. The number of phenolic OH excluding ortho intramolecular Hbond substituents is 1. The molecule has 0 spiro atoms. The molecular weight excluding hydrogens is 489 g/mol. The molecule has 8 nitrogen and oxygen atoms in total. The number of carbonyl (C=O) groups is 2. The maximum absolute atomic E-state index is 12.0. The SMILES string of the molecule is CCCCOc1ccc(NC(=O)C(=O)N/N=C\c2cc(I)c(O)c(OC)c2)cc1. The molecule has 0 unspecified atom stereocenters. The van der Waals surface area contributed by atoms with Gasteiger partial charge in [0.05, 0.1) is 23.5 Å². The van der Waals surface area contributed by atoms with Crippen molar-refractivity contribution in [3.63, 3.8) is 0 Å². The molecule has 0 radical (unpaired) electrons. The molecule has 3 N–H and O–H groups in total. The highest BCUT2D eigenvalue weighted by molar-refractivity contribution is 14.1. The summed E-state index contributed by atoms with van der Waals surface area (Å²) in [5.41, 5.74) is 3.21. The van der Waals surface area contributed by atoms with E-state index >= 15 is 0 Å². The number of methoxy groups -OCH3 is 1.